The van der Waals surface area contributed by atoms with Gasteiger partial charge in [-0.15, -0.1) is 0 Å². The highest BCUT2D eigenvalue weighted by atomic mass is 16.5. The van der Waals surface area contributed by atoms with Gasteiger partial charge in [-0.3, -0.25) is 9.59 Å². The van der Waals surface area contributed by atoms with E-state index >= 15 is 0 Å². The third-order valence-corrected chi connectivity index (χ3v) is 6.38. The number of pyridine rings is 1. The minimum absolute atomic E-state index is 0.0943. The van der Waals surface area contributed by atoms with Gasteiger partial charge in [-0.25, -0.2) is 9.97 Å². The Labute approximate surface area is 233 Å². The van der Waals surface area contributed by atoms with Crippen LogP contribution in [0.3, 0.4) is 0 Å². The number of aliphatic hydroxyl groups excluding tert-OH is 1. The van der Waals surface area contributed by atoms with Crippen LogP contribution in [0.2, 0.25) is 0 Å². The lowest BCUT2D eigenvalue weighted by Gasteiger charge is -2.16. The Morgan fingerprint density at radius 2 is 1.88 bits per heavy atom. The van der Waals surface area contributed by atoms with Crippen LogP contribution in [0.15, 0.2) is 47.3 Å². The predicted molar refractivity (Wildman–Crippen MR) is 155 cm³/mol. The van der Waals surface area contributed by atoms with E-state index in [0.29, 0.717) is 64.1 Å². The van der Waals surface area contributed by atoms with Gasteiger partial charge in [0.1, 0.15) is 34.9 Å². The van der Waals surface area contributed by atoms with E-state index in [2.05, 4.69) is 29.1 Å². The first kappa shape index (κ1) is 28.7. The largest absolute Gasteiger partial charge is 0.496 e. The monoisotopic (exact) mass is 545 g/mol. The SMILES string of the molecule is COc1cc(CO)cc2nc(-c3ccc(OCCNC(C)C)c(-c4ccc(C(=O)N(C)C)cc4C)n3)[nH]c(=O)c12. The highest BCUT2D eigenvalue weighted by Crippen LogP contribution is 2.34. The quantitative estimate of drug-likeness (QED) is 0.258. The number of aryl methyl sites for hydroxylation is 1. The van der Waals surface area contributed by atoms with E-state index in [0.717, 1.165) is 11.1 Å². The number of methoxy groups -OCH3 is 1. The number of ether oxygens (including phenoxy) is 2. The first-order valence-corrected chi connectivity index (χ1v) is 13.0. The Morgan fingerprint density at radius 3 is 2.52 bits per heavy atom. The van der Waals surface area contributed by atoms with Gasteiger partial charge in [0.05, 0.1) is 19.2 Å². The molecular formula is C30H35N5O5. The van der Waals surface area contributed by atoms with Crippen LogP contribution in [0, 0.1) is 6.92 Å². The molecule has 4 aromatic rings. The van der Waals surface area contributed by atoms with Crippen LogP contribution in [-0.4, -0.2) is 71.3 Å². The molecule has 0 aliphatic rings. The zero-order valence-corrected chi connectivity index (χ0v) is 23.7. The Hall–Kier alpha value is -4.28. The van der Waals surface area contributed by atoms with Gasteiger partial charge < -0.3 is 29.8 Å². The summed E-state index contributed by atoms with van der Waals surface area (Å²) in [6.07, 6.45) is 0. The molecule has 0 saturated heterocycles. The second kappa shape index (κ2) is 12.3. The number of amides is 1. The number of aliphatic hydroxyl groups is 1. The highest BCUT2D eigenvalue weighted by molar-refractivity contribution is 5.95. The van der Waals surface area contributed by atoms with Gasteiger partial charge >= 0.3 is 0 Å². The molecule has 0 fully saturated rings. The molecule has 40 heavy (non-hydrogen) atoms. The summed E-state index contributed by atoms with van der Waals surface area (Å²) in [6.45, 7) is 6.91. The van der Waals surface area contributed by atoms with E-state index in [4.69, 9.17) is 14.5 Å². The van der Waals surface area contributed by atoms with E-state index in [1.54, 1.807) is 44.4 Å². The van der Waals surface area contributed by atoms with Crippen LogP contribution in [0.4, 0.5) is 0 Å². The molecule has 2 aromatic carbocycles. The number of aromatic amines is 1. The fourth-order valence-electron chi connectivity index (χ4n) is 4.38. The number of fused-ring (bicyclic) bond motifs is 1. The number of carbonyl (C=O) groups excluding carboxylic acids is 1. The van der Waals surface area contributed by atoms with Crippen LogP contribution < -0.4 is 20.3 Å². The number of hydrogen-bond acceptors (Lipinski definition) is 8. The van der Waals surface area contributed by atoms with Gasteiger partial charge in [0.15, 0.2) is 5.82 Å². The number of carbonyl (C=O) groups is 1. The smallest absolute Gasteiger partial charge is 0.262 e. The van der Waals surface area contributed by atoms with Gasteiger partial charge in [-0.05, 0) is 54.4 Å². The number of hydrogen-bond donors (Lipinski definition) is 3. The summed E-state index contributed by atoms with van der Waals surface area (Å²) in [4.78, 5) is 39.5. The second-order valence-corrected chi connectivity index (χ2v) is 9.99. The van der Waals surface area contributed by atoms with Crippen LogP contribution in [0.5, 0.6) is 11.5 Å². The maximum absolute atomic E-state index is 13.1. The Morgan fingerprint density at radius 1 is 1.10 bits per heavy atom. The molecule has 0 aliphatic carbocycles. The first-order chi connectivity index (χ1) is 19.1. The standard InChI is InChI=1S/C30H35N5O5/c1-17(2)31-11-12-40-24-10-9-22(32-27(24)21-8-7-20(13-18(21)3)30(38)35(4)5)28-33-23-14-19(16-36)15-25(39-6)26(23)29(37)34-28/h7-10,13-15,17,31,36H,11-12,16H2,1-6H3,(H,33,34,37). The highest BCUT2D eigenvalue weighted by Gasteiger charge is 2.18. The van der Waals surface area contributed by atoms with Crippen LogP contribution in [-0.2, 0) is 6.61 Å². The Bertz CT molecular complexity index is 1600. The average molecular weight is 546 g/mol. The molecule has 2 aromatic heterocycles. The van der Waals surface area contributed by atoms with E-state index in [1.165, 1.54) is 12.0 Å². The molecule has 3 N–H and O–H groups in total. The molecular weight excluding hydrogens is 510 g/mol. The Balaban J connectivity index is 1.83. The van der Waals surface area contributed by atoms with Crippen molar-refractivity contribution in [1.82, 2.24) is 25.2 Å². The van der Waals surface area contributed by atoms with E-state index in [1.807, 2.05) is 19.1 Å². The Kier molecular flexibility index (Phi) is 8.81. The number of H-pyrrole nitrogens is 1. The molecule has 2 heterocycles. The van der Waals surface area contributed by atoms with Crippen molar-refractivity contribution in [2.45, 2.75) is 33.4 Å². The van der Waals surface area contributed by atoms with Gasteiger partial charge in [0, 0.05) is 37.8 Å². The normalized spacial score (nSPS) is 11.2. The average Bonchev–Trinajstić information content (AvgIpc) is 2.93. The zero-order chi connectivity index (χ0) is 29.0. The summed E-state index contributed by atoms with van der Waals surface area (Å²) < 4.78 is 11.5. The summed E-state index contributed by atoms with van der Waals surface area (Å²) in [6, 6.07) is 12.6. The predicted octanol–water partition coefficient (Wildman–Crippen LogP) is 3.54. The molecule has 0 radical (unpaired) electrons. The molecule has 0 atom stereocenters. The minimum atomic E-state index is -0.382. The number of rotatable bonds is 10. The summed E-state index contributed by atoms with van der Waals surface area (Å²) in [5, 5.41) is 13.3. The van der Waals surface area contributed by atoms with Crippen molar-refractivity contribution >= 4 is 16.8 Å². The minimum Gasteiger partial charge on any atom is -0.496 e. The number of nitrogens with zero attached hydrogens (tertiary/aromatic N) is 3. The van der Waals surface area contributed by atoms with Crippen molar-refractivity contribution in [1.29, 1.82) is 0 Å². The van der Waals surface area contributed by atoms with E-state index < -0.39 is 0 Å². The lowest BCUT2D eigenvalue weighted by molar-refractivity contribution is 0.0827. The third kappa shape index (κ3) is 6.13. The molecule has 10 heteroatoms. The second-order valence-electron chi connectivity index (χ2n) is 9.99. The lowest BCUT2D eigenvalue weighted by Crippen LogP contribution is -2.27. The van der Waals surface area contributed by atoms with Gasteiger partial charge in [-0.1, -0.05) is 19.9 Å². The molecule has 0 unspecified atom stereocenters. The van der Waals surface area contributed by atoms with Gasteiger partial charge in [0.2, 0.25) is 0 Å². The summed E-state index contributed by atoms with van der Waals surface area (Å²) in [5.41, 5.74) is 3.77. The molecule has 10 nitrogen and oxygen atoms in total. The molecule has 0 aliphatic heterocycles. The summed E-state index contributed by atoms with van der Waals surface area (Å²) >= 11 is 0. The van der Waals surface area contributed by atoms with E-state index in [-0.39, 0.29) is 23.9 Å². The van der Waals surface area contributed by atoms with Crippen molar-refractivity contribution in [2.24, 2.45) is 0 Å². The van der Waals surface area contributed by atoms with Gasteiger partial charge in [0.25, 0.3) is 11.5 Å². The van der Waals surface area contributed by atoms with Crippen LogP contribution in [0.25, 0.3) is 33.7 Å². The fourth-order valence-corrected chi connectivity index (χ4v) is 4.38. The first-order valence-electron chi connectivity index (χ1n) is 13.0. The lowest BCUT2D eigenvalue weighted by atomic mass is 10.0. The molecule has 210 valence electrons. The van der Waals surface area contributed by atoms with E-state index in [9.17, 15) is 14.7 Å². The molecule has 0 spiro atoms. The zero-order valence-electron chi connectivity index (χ0n) is 23.7. The number of nitrogens with one attached hydrogen (secondary N) is 2. The molecule has 0 saturated carbocycles. The third-order valence-electron chi connectivity index (χ3n) is 6.38. The molecule has 0 bridgehead atoms. The summed E-state index contributed by atoms with van der Waals surface area (Å²) in [7, 11) is 4.89. The van der Waals surface area contributed by atoms with Crippen molar-refractivity contribution < 1.29 is 19.4 Å². The fraction of sp³-hybridized carbons (Fsp3) is 0.333. The van der Waals surface area contributed by atoms with Crippen molar-refractivity contribution in [3.8, 4) is 34.3 Å². The molecule has 1 amide bonds. The van der Waals surface area contributed by atoms with Crippen molar-refractivity contribution in [2.75, 3.05) is 34.4 Å². The topological polar surface area (TPSA) is 130 Å². The van der Waals surface area contributed by atoms with Gasteiger partial charge in [-0.2, -0.15) is 0 Å². The number of aromatic nitrogens is 3. The summed E-state index contributed by atoms with van der Waals surface area (Å²) in [5.74, 6) is 1.07. The van der Waals surface area contributed by atoms with Crippen LogP contribution >= 0.6 is 0 Å². The van der Waals surface area contributed by atoms with Crippen molar-refractivity contribution in [3.63, 3.8) is 0 Å². The number of benzene rings is 2. The maximum Gasteiger partial charge on any atom is 0.262 e. The molecule has 4 rings (SSSR count). The van der Waals surface area contributed by atoms with Crippen molar-refractivity contribution in [3.05, 3.63) is 69.5 Å². The van der Waals surface area contributed by atoms with Crippen LogP contribution in [0.1, 0.15) is 35.3 Å². The maximum atomic E-state index is 13.1.